The van der Waals surface area contributed by atoms with Gasteiger partial charge in [-0.1, -0.05) is 161 Å². The molecule has 1 heteroatoms. The zero-order valence-corrected chi connectivity index (χ0v) is 33.3. The maximum absolute atomic E-state index is 2.64. The Bertz CT molecular complexity index is 2540. The highest BCUT2D eigenvalue weighted by molar-refractivity contribution is 5.98. The van der Waals surface area contributed by atoms with E-state index in [1.54, 1.807) is 0 Å². The third kappa shape index (κ3) is 5.27. The van der Waals surface area contributed by atoms with Gasteiger partial charge in [0.2, 0.25) is 0 Å². The molecule has 3 aliphatic rings. The van der Waals surface area contributed by atoms with Crippen LogP contribution < -0.4 is 4.90 Å². The van der Waals surface area contributed by atoms with Crippen molar-refractivity contribution in [2.24, 2.45) is 0 Å². The van der Waals surface area contributed by atoms with Crippen molar-refractivity contribution in [1.29, 1.82) is 0 Å². The van der Waals surface area contributed by atoms with Crippen molar-refractivity contribution in [2.45, 2.75) is 82.5 Å². The van der Waals surface area contributed by atoms with E-state index in [1.165, 1.54) is 103 Å². The van der Waals surface area contributed by atoms with Gasteiger partial charge in [0.05, 0.1) is 16.8 Å². The Morgan fingerprint density at radius 1 is 0.429 bits per heavy atom. The van der Waals surface area contributed by atoms with Crippen molar-refractivity contribution < 1.29 is 0 Å². The van der Waals surface area contributed by atoms with Crippen LogP contribution in [0, 0.1) is 0 Å². The van der Waals surface area contributed by atoms with Crippen LogP contribution in [-0.2, 0) is 29.1 Å². The summed E-state index contributed by atoms with van der Waals surface area (Å²) < 4.78 is 0. The lowest BCUT2D eigenvalue weighted by Gasteiger charge is -2.45. The first-order chi connectivity index (χ1) is 27.3. The van der Waals surface area contributed by atoms with E-state index in [4.69, 9.17) is 0 Å². The molecule has 0 fully saturated rings. The molecule has 0 aliphatic heterocycles. The first kappa shape index (κ1) is 34.8. The van der Waals surface area contributed by atoms with E-state index in [-0.39, 0.29) is 10.8 Å². The van der Waals surface area contributed by atoms with Crippen LogP contribution in [0.2, 0.25) is 0 Å². The van der Waals surface area contributed by atoms with Gasteiger partial charge in [0.15, 0.2) is 0 Å². The molecule has 0 heterocycles. The average Bonchev–Trinajstić information content (AvgIpc) is 3.53. The zero-order chi connectivity index (χ0) is 38.1. The first-order valence-electron chi connectivity index (χ1n) is 20.8. The topological polar surface area (TPSA) is 3.24 Å². The summed E-state index contributed by atoms with van der Waals surface area (Å²) in [4.78, 5) is 2.64. The van der Waals surface area contributed by atoms with E-state index in [0.717, 1.165) is 19.3 Å². The quantitative estimate of drug-likeness (QED) is 0.165. The molecule has 0 aromatic heterocycles. The summed E-state index contributed by atoms with van der Waals surface area (Å²) in [7, 11) is 0. The van der Waals surface area contributed by atoms with Crippen LogP contribution in [0.3, 0.4) is 0 Å². The van der Waals surface area contributed by atoms with E-state index in [1.807, 2.05) is 0 Å². The van der Waals surface area contributed by atoms with Crippen molar-refractivity contribution >= 4 is 17.1 Å². The van der Waals surface area contributed by atoms with Crippen molar-refractivity contribution in [2.75, 3.05) is 4.90 Å². The highest BCUT2D eigenvalue weighted by Crippen LogP contribution is 2.60. The second-order valence-corrected chi connectivity index (χ2v) is 17.7. The van der Waals surface area contributed by atoms with Crippen molar-refractivity contribution in [1.82, 2.24) is 0 Å². The minimum absolute atomic E-state index is 0.00531. The molecule has 0 N–H and O–H groups in total. The Balaban J connectivity index is 1.38. The van der Waals surface area contributed by atoms with Gasteiger partial charge in [0.25, 0.3) is 0 Å². The predicted molar refractivity (Wildman–Crippen MR) is 236 cm³/mol. The highest BCUT2D eigenvalue weighted by atomic mass is 15.1. The molecular formula is C55H51N. The number of hydrogen-bond acceptors (Lipinski definition) is 1. The lowest BCUT2D eigenvalue weighted by atomic mass is 9.62. The lowest BCUT2D eigenvalue weighted by molar-refractivity contribution is 0.332. The number of benzene rings is 7. The minimum atomic E-state index is -0.502. The predicted octanol–water partition coefficient (Wildman–Crippen LogP) is 14.4. The standard InChI is InChI=1S/C55H51N/c1-53(2)34-35-54(3,4)52-48(53)32-19-33-50(52)56(41-26-12-7-13-27-41)51-37-49-45(36-46(51)43-30-18-21-38-20-14-15-28-42(38)43)44-29-16-17-31-47(44)55(49,39-22-8-5-9-23-39)40-24-10-6-11-25-40/h5-13,16-19,21-27,29-33,36-37H,14-15,20,28,34-35H2,1-4H3. The van der Waals surface area contributed by atoms with Crippen LogP contribution in [0.4, 0.5) is 17.1 Å². The second-order valence-electron chi connectivity index (χ2n) is 17.7. The molecule has 10 rings (SSSR count). The van der Waals surface area contributed by atoms with Gasteiger partial charge in [-0.25, -0.2) is 0 Å². The van der Waals surface area contributed by atoms with E-state index < -0.39 is 5.41 Å². The summed E-state index contributed by atoms with van der Waals surface area (Å²) in [5.41, 5.74) is 19.9. The number of anilines is 3. The maximum Gasteiger partial charge on any atom is 0.0714 e. The Hall–Kier alpha value is -5.66. The number of aryl methyl sites for hydroxylation is 1. The minimum Gasteiger partial charge on any atom is -0.310 e. The van der Waals surface area contributed by atoms with Crippen molar-refractivity contribution in [3.63, 3.8) is 0 Å². The molecule has 7 aromatic carbocycles. The largest absolute Gasteiger partial charge is 0.310 e. The molecule has 1 nitrogen and oxygen atoms in total. The van der Waals surface area contributed by atoms with Crippen LogP contribution in [0.1, 0.15) is 97.9 Å². The molecule has 0 saturated heterocycles. The number of para-hydroxylation sites is 1. The summed E-state index contributed by atoms with van der Waals surface area (Å²) in [5.74, 6) is 0. The molecular weight excluding hydrogens is 675 g/mol. The fourth-order valence-electron chi connectivity index (χ4n) is 10.8. The van der Waals surface area contributed by atoms with Gasteiger partial charge in [-0.05, 0) is 141 Å². The molecule has 56 heavy (non-hydrogen) atoms. The summed E-state index contributed by atoms with van der Waals surface area (Å²) >= 11 is 0. The van der Waals surface area contributed by atoms with Gasteiger partial charge < -0.3 is 4.90 Å². The van der Waals surface area contributed by atoms with E-state index in [9.17, 15) is 0 Å². The van der Waals surface area contributed by atoms with Crippen LogP contribution in [0.25, 0.3) is 22.3 Å². The lowest BCUT2D eigenvalue weighted by Crippen LogP contribution is -2.35. The molecule has 0 bridgehead atoms. The summed E-state index contributed by atoms with van der Waals surface area (Å²) in [5, 5.41) is 0. The fraction of sp³-hybridized carbons (Fsp3) is 0.236. The van der Waals surface area contributed by atoms with E-state index >= 15 is 0 Å². The SMILES string of the molecule is CC1(C)CCC(C)(C)c2c(N(c3ccccc3)c3cc4c(cc3-c3cccc5c3CCCC5)-c3ccccc3C4(c3ccccc3)c3ccccc3)cccc21. The smallest absolute Gasteiger partial charge is 0.0714 e. The van der Waals surface area contributed by atoms with Crippen LogP contribution in [-0.4, -0.2) is 0 Å². The van der Waals surface area contributed by atoms with Gasteiger partial charge in [0.1, 0.15) is 0 Å². The van der Waals surface area contributed by atoms with Crippen LogP contribution in [0.15, 0.2) is 164 Å². The first-order valence-corrected chi connectivity index (χ1v) is 20.8. The van der Waals surface area contributed by atoms with Crippen LogP contribution in [0.5, 0.6) is 0 Å². The van der Waals surface area contributed by atoms with Gasteiger partial charge in [0, 0.05) is 11.3 Å². The van der Waals surface area contributed by atoms with Gasteiger partial charge in [-0.15, -0.1) is 0 Å². The van der Waals surface area contributed by atoms with Gasteiger partial charge >= 0.3 is 0 Å². The molecule has 0 atom stereocenters. The number of nitrogens with zero attached hydrogens (tertiary/aromatic N) is 1. The van der Waals surface area contributed by atoms with Crippen LogP contribution >= 0.6 is 0 Å². The number of fused-ring (bicyclic) bond motifs is 5. The number of rotatable bonds is 6. The Morgan fingerprint density at radius 3 is 1.75 bits per heavy atom. The Labute approximate surface area is 333 Å². The second kappa shape index (κ2) is 13.2. The molecule has 3 aliphatic carbocycles. The molecule has 0 amide bonds. The van der Waals surface area contributed by atoms with Crippen molar-refractivity contribution in [3.8, 4) is 22.3 Å². The third-order valence-corrected chi connectivity index (χ3v) is 13.6. The van der Waals surface area contributed by atoms with E-state index in [2.05, 4.69) is 196 Å². The molecule has 0 spiro atoms. The molecule has 0 saturated carbocycles. The highest BCUT2D eigenvalue weighted by Gasteiger charge is 2.47. The molecule has 276 valence electrons. The van der Waals surface area contributed by atoms with Gasteiger partial charge in [-0.2, -0.15) is 0 Å². The monoisotopic (exact) mass is 725 g/mol. The average molecular weight is 726 g/mol. The fourth-order valence-corrected chi connectivity index (χ4v) is 10.8. The normalized spacial score (nSPS) is 16.9. The Kier molecular flexibility index (Phi) is 8.22. The summed E-state index contributed by atoms with van der Waals surface area (Å²) in [6.07, 6.45) is 7.08. The third-order valence-electron chi connectivity index (χ3n) is 13.6. The molecule has 0 unspecified atom stereocenters. The zero-order valence-electron chi connectivity index (χ0n) is 33.3. The summed E-state index contributed by atoms with van der Waals surface area (Å²) in [6.45, 7) is 9.83. The van der Waals surface area contributed by atoms with E-state index in [0.29, 0.717) is 0 Å². The van der Waals surface area contributed by atoms with Crippen molar-refractivity contribution in [3.05, 3.63) is 208 Å². The molecule has 7 aromatic rings. The number of hydrogen-bond donors (Lipinski definition) is 0. The maximum atomic E-state index is 2.64. The Morgan fingerprint density at radius 2 is 1.02 bits per heavy atom. The van der Waals surface area contributed by atoms with Gasteiger partial charge in [-0.3, -0.25) is 0 Å². The molecule has 0 radical (unpaired) electrons. The summed E-state index contributed by atoms with van der Waals surface area (Å²) in [6, 6.07) is 62.3.